The second kappa shape index (κ2) is 11.7. The number of ether oxygens (including phenoxy) is 2. The summed E-state index contributed by atoms with van der Waals surface area (Å²) in [4.78, 5) is -0.0238. The molecule has 0 unspecified atom stereocenters. The van der Waals surface area contributed by atoms with Crippen LogP contribution in [0.4, 0.5) is 0 Å². The molecule has 0 aliphatic rings. The van der Waals surface area contributed by atoms with E-state index in [4.69, 9.17) is 20.9 Å². The van der Waals surface area contributed by atoms with E-state index in [0.29, 0.717) is 37.1 Å². The van der Waals surface area contributed by atoms with Gasteiger partial charge in [0.25, 0.3) is 0 Å². The average molecular weight is 461 g/mol. The molecule has 0 radical (unpaired) electrons. The number of nitrogens with two attached hydrogens (primary N) is 2. The number of nitrogens with one attached hydrogen (secondary N) is 2. The second-order valence-corrected chi connectivity index (χ2v) is 9.68. The Kier molecular flexibility index (Phi) is 9.58. The summed E-state index contributed by atoms with van der Waals surface area (Å²) < 4.78 is 66.2. The van der Waals surface area contributed by atoms with Gasteiger partial charge in [-0.15, -0.1) is 0 Å². The number of fused-ring (bicyclic) bond motifs is 1. The number of hydrogen-bond donors (Lipinski definition) is 4. The molecule has 0 heterocycles. The van der Waals surface area contributed by atoms with E-state index >= 15 is 0 Å². The minimum Gasteiger partial charge on any atom is -0.379 e. The first-order valence-corrected chi connectivity index (χ1v) is 12.4. The molecule has 0 aliphatic heterocycles. The highest BCUT2D eigenvalue weighted by molar-refractivity contribution is 7.90. The third-order valence-electron chi connectivity index (χ3n) is 4.02. The fourth-order valence-corrected chi connectivity index (χ4v) is 5.21. The van der Waals surface area contributed by atoms with Crippen molar-refractivity contribution < 1.29 is 26.3 Å². The predicted molar refractivity (Wildman–Crippen MR) is 114 cm³/mol. The molecule has 6 N–H and O–H groups in total. The third-order valence-corrected chi connectivity index (χ3v) is 7.06. The van der Waals surface area contributed by atoms with Crippen LogP contribution >= 0.6 is 0 Å². The molecule has 10 nitrogen and oxygen atoms in total. The zero-order chi connectivity index (χ0) is 22.0. The molecule has 2 aromatic carbocycles. The van der Waals surface area contributed by atoms with Crippen molar-refractivity contribution in [3.8, 4) is 0 Å². The van der Waals surface area contributed by atoms with Crippen LogP contribution in [0.25, 0.3) is 10.8 Å². The monoisotopic (exact) mass is 460 g/mol. The van der Waals surface area contributed by atoms with Crippen molar-refractivity contribution in [1.82, 2.24) is 9.44 Å². The largest absolute Gasteiger partial charge is 0.379 e. The Morgan fingerprint density at radius 2 is 1.07 bits per heavy atom. The van der Waals surface area contributed by atoms with Crippen molar-refractivity contribution in [3.63, 3.8) is 0 Å². The van der Waals surface area contributed by atoms with Crippen LogP contribution < -0.4 is 20.9 Å². The van der Waals surface area contributed by atoms with E-state index in [1.54, 1.807) is 12.1 Å². The van der Waals surface area contributed by atoms with E-state index in [-0.39, 0.29) is 36.1 Å². The lowest BCUT2D eigenvalue weighted by atomic mass is 10.1. The topological polar surface area (TPSA) is 163 Å². The van der Waals surface area contributed by atoms with Crippen LogP contribution in [0.2, 0.25) is 0 Å². The summed E-state index contributed by atoms with van der Waals surface area (Å²) in [5.41, 5.74) is 10.6. The summed E-state index contributed by atoms with van der Waals surface area (Å²) in [6.07, 6.45) is 0. The number of rotatable bonds is 14. The summed E-state index contributed by atoms with van der Waals surface area (Å²) in [5.74, 6) is 0. The zero-order valence-electron chi connectivity index (χ0n) is 16.5. The van der Waals surface area contributed by atoms with Gasteiger partial charge in [0.2, 0.25) is 20.0 Å². The van der Waals surface area contributed by atoms with Gasteiger partial charge in [-0.05, 0) is 12.1 Å². The number of hydrogen-bond acceptors (Lipinski definition) is 8. The molecule has 2 rings (SSSR count). The Labute approximate surface area is 177 Å². The quantitative estimate of drug-likeness (QED) is 0.270. The SMILES string of the molecule is NCCOCCNS(=O)(=O)c1cccc2c(S(=O)(=O)NCCOCCN)cccc12. The van der Waals surface area contributed by atoms with Crippen LogP contribution in [-0.4, -0.2) is 69.4 Å². The maximum absolute atomic E-state index is 12.7. The van der Waals surface area contributed by atoms with Gasteiger partial charge < -0.3 is 20.9 Å². The predicted octanol–water partition coefficient (Wildman–Crippen LogP) is -0.653. The van der Waals surface area contributed by atoms with Gasteiger partial charge in [-0.25, -0.2) is 26.3 Å². The van der Waals surface area contributed by atoms with Crippen molar-refractivity contribution in [2.75, 3.05) is 52.6 Å². The first-order chi connectivity index (χ1) is 14.3. The Bertz CT molecular complexity index is 945. The van der Waals surface area contributed by atoms with Gasteiger partial charge in [-0.2, -0.15) is 0 Å². The lowest BCUT2D eigenvalue weighted by Crippen LogP contribution is -2.29. The molecule has 0 fully saturated rings. The third kappa shape index (κ3) is 6.68. The van der Waals surface area contributed by atoms with Crippen molar-refractivity contribution in [1.29, 1.82) is 0 Å². The van der Waals surface area contributed by atoms with Crippen molar-refractivity contribution in [2.24, 2.45) is 11.5 Å². The number of sulfonamides is 2. The van der Waals surface area contributed by atoms with E-state index < -0.39 is 20.0 Å². The van der Waals surface area contributed by atoms with Gasteiger partial charge >= 0.3 is 0 Å². The van der Waals surface area contributed by atoms with Gasteiger partial charge in [0.1, 0.15) is 0 Å². The molecule has 0 aromatic heterocycles. The van der Waals surface area contributed by atoms with Crippen LogP contribution in [-0.2, 0) is 29.5 Å². The molecule has 0 saturated carbocycles. The van der Waals surface area contributed by atoms with Gasteiger partial charge in [0, 0.05) is 37.0 Å². The molecule has 30 heavy (non-hydrogen) atoms. The molecule has 0 saturated heterocycles. The Hall–Kier alpha value is -1.64. The van der Waals surface area contributed by atoms with Gasteiger partial charge in [0.15, 0.2) is 0 Å². The second-order valence-electron chi connectivity index (χ2n) is 6.21. The van der Waals surface area contributed by atoms with Gasteiger partial charge in [-0.1, -0.05) is 24.3 Å². The molecule has 0 spiro atoms. The first-order valence-electron chi connectivity index (χ1n) is 9.40. The fraction of sp³-hybridized carbons (Fsp3) is 0.444. The highest BCUT2D eigenvalue weighted by Crippen LogP contribution is 2.28. The van der Waals surface area contributed by atoms with Crippen molar-refractivity contribution in [3.05, 3.63) is 36.4 Å². The molecular formula is C18H28N4O6S2. The van der Waals surface area contributed by atoms with Crippen LogP contribution in [0.5, 0.6) is 0 Å². The zero-order valence-corrected chi connectivity index (χ0v) is 18.2. The van der Waals surface area contributed by atoms with Gasteiger partial charge in [-0.3, -0.25) is 0 Å². The van der Waals surface area contributed by atoms with E-state index in [2.05, 4.69) is 9.44 Å². The van der Waals surface area contributed by atoms with E-state index in [1.165, 1.54) is 24.3 Å². The van der Waals surface area contributed by atoms with Crippen LogP contribution in [0.3, 0.4) is 0 Å². The maximum Gasteiger partial charge on any atom is 0.241 e. The summed E-state index contributed by atoms with van der Waals surface area (Å²) in [6.45, 7) is 1.86. The summed E-state index contributed by atoms with van der Waals surface area (Å²) in [5, 5.41) is 0.602. The lowest BCUT2D eigenvalue weighted by Gasteiger charge is -2.13. The summed E-state index contributed by atoms with van der Waals surface area (Å²) in [7, 11) is -7.74. The Balaban J connectivity index is 2.25. The van der Waals surface area contributed by atoms with Crippen molar-refractivity contribution >= 4 is 30.8 Å². The molecular weight excluding hydrogens is 432 g/mol. The molecule has 0 bridgehead atoms. The smallest absolute Gasteiger partial charge is 0.241 e. The van der Waals surface area contributed by atoms with E-state index in [9.17, 15) is 16.8 Å². The Morgan fingerprint density at radius 1 is 0.667 bits per heavy atom. The molecule has 0 aliphatic carbocycles. The summed E-state index contributed by atoms with van der Waals surface area (Å²) in [6, 6.07) is 9.00. The molecule has 168 valence electrons. The fourth-order valence-electron chi connectivity index (χ4n) is 2.74. The van der Waals surface area contributed by atoms with E-state index in [1.807, 2.05) is 0 Å². The van der Waals surface area contributed by atoms with Gasteiger partial charge in [0.05, 0.1) is 36.2 Å². The number of benzene rings is 2. The minimum absolute atomic E-state index is 0.0119. The lowest BCUT2D eigenvalue weighted by molar-refractivity contribution is 0.147. The highest BCUT2D eigenvalue weighted by Gasteiger charge is 2.21. The maximum atomic E-state index is 12.7. The first kappa shape index (κ1) is 24.6. The molecule has 0 amide bonds. The van der Waals surface area contributed by atoms with Crippen LogP contribution in [0, 0.1) is 0 Å². The normalized spacial score (nSPS) is 12.5. The summed E-state index contributed by atoms with van der Waals surface area (Å²) >= 11 is 0. The molecule has 2 aromatic rings. The Morgan fingerprint density at radius 3 is 1.43 bits per heavy atom. The van der Waals surface area contributed by atoms with Crippen LogP contribution in [0.1, 0.15) is 0 Å². The molecule has 0 atom stereocenters. The van der Waals surface area contributed by atoms with Crippen LogP contribution in [0.15, 0.2) is 46.2 Å². The standard InChI is InChI=1S/C18H28N4O6S2/c19-7-11-27-13-9-21-29(23,24)17-5-1-3-15-16(17)4-2-6-18(15)30(25,26)22-10-14-28-12-8-20/h1-6,21-22H,7-14,19-20H2. The van der Waals surface area contributed by atoms with Crippen molar-refractivity contribution in [2.45, 2.75) is 9.79 Å². The highest BCUT2D eigenvalue weighted by atomic mass is 32.2. The average Bonchev–Trinajstić information content (AvgIpc) is 2.72. The molecule has 12 heteroatoms. The minimum atomic E-state index is -3.87. The van der Waals surface area contributed by atoms with E-state index in [0.717, 1.165) is 0 Å².